The maximum atomic E-state index is 12.7. The molecule has 1 aliphatic rings. The van der Waals surface area contributed by atoms with E-state index in [-0.39, 0.29) is 17.0 Å². The lowest BCUT2D eigenvalue weighted by Crippen LogP contribution is -2.50. The summed E-state index contributed by atoms with van der Waals surface area (Å²) >= 11 is 0. The smallest absolute Gasteiger partial charge is 0.263 e. The topological polar surface area (TPSA) is 76.3 Å². The molecule has 8 heteroatoms. The third-order valence-electron chi connectivity index (χ3n) is 4.75. The average Bonchev–Trinajstić information content (AvgIpc) is 3.25. The van der Waals surface area contributed by atoms with Crippen LogP contribution in [0.15, 0.2) is 60.0 Å². The van der Waals surface area contributed by atoms with E-state index in [4.69, 9.17) is 0 Å². The second-order valence-corrected chi connectivity index (χ2v) is 6.44. The molecule has 4 heterocycles. The number of nitrogens with zero attached hydrogens (tertiary/aromatic N) is 6. The lowest BCUT2D eigenvalue weighted by Gasteiger charge is -2.35. The number of hydrogen-bond donors (Lipinski definition) is 0. The molecule has 0 unspecified atom stereocenters. The molecule has 0 radical (unpaired) electrons. The van der Waals surface area contributed by atoms with Crippen molar-refractivity contribution in [2.75, 3.05) is 31.1 Å². The van der Waals surface area contributed by atoms with Crippen LogP contribution in [-0.2, 0) is 7.05 Å². The Morgan fingerprint density at radius 3 is 2.41 bits per heavy atom. The third-order valence-corrected chi connectivity index (χ3v) is 4.75. The molecule has 1 amide bonds. The molecular formula is C19H20N6O2. The molecule has 8 nitrogen and oxygen atoms in total. The fourth-order valence-electron chi connectivity index (χ4n) is 3.21. The van der Waals surface area contributed by atoms with Gasteiger partial charge in [-0.25, -0.2) is 9.97 Å². The first-order chi connectivity index (χ1) is 13.1. The van der Waals surface area contributed by atoms with Crippen LogP contribution in [-0.4, -0.2) is 56.1 Å². The number of amides is 1. The molecule has 1 saturated heterocycles. The standard InChI is InChI=1S/C19H20N6O2/c1-22-6-4-5-15(18(22)26)19(27)25-11-9-24(10-12-25)17-13-16(20-14-21-17)23-7-2-3-8-23/h2-8,13-14H,9-12H2,1H3. The van der Waals surface area contributed by atoms with Gasteiger partial charge in [-0.15, -0.1) is 0 Å². The fourth-order valence-corrected chi connectivity index (χ4v) is 3.21. The van der Waals surface area contributed by atoms with E-state index < -0.39 is 0 Å². The summed E-state index contributed by atoms with van der Waals surface area (Å²) in [4.78, 5) is 37.4. The van der Waals surface area contributed by atoms with Crippen molar-refractivity contribution < 1.29 is 4.79 Å². The number of piperazine rings is 1. The SMILES string of the molecule is Cn1cccc(C(=O)N2CCN(c3cc(-n4cccc4)ncn3)CC2)c1=O. The Morgan fingerprint density at radius 2 is 1.67 bits per heavy atom. The molecule has 138 valence electrons. The van der Waals surface area contributed by atoms with Gasteiger partial charge >= 0.3 is 0 Å². The molecule has 4 rings (SSSR count). The maximum absolute atomic E-state index is 12.7. The molecule has 0 N–H and O–H groups in total. The van der Waals surface area contributed by atoms with E-state index in [0.717, 1.165) is 11.6 Å². The van der Waals surface area contributed by atoms with Gasteiger partial charge in [-0.3, -0.25) is 9.59 Å². The zero-order valence-electron chi connectivity index (χ0n) is 15.0. The minimum Gasteiger partial charge on any atom is -0.353 e. The summed E-state index contributed by atoms with van der Waals surface area (Å²) in [7, 11) is 1.65. The van der Waals surface area contributed by atoms with Gasteiger partial charge in [0.2, 0.25) is 0 Å². The predicted molar refractivity (Wildman–Crippen MR) is 101 cm³/mol. The highest BCUT2D eigenvalue weighted by atomic mass is 16.2. The van der Waals surface area contributed by atoms with Crippen molar-refractivity contribution in [1.29, 1.82) is 0 Å². The summed E-state index contributed by atoms with van der Waals surface area (Å²) in [5.41, 5.74) is -0.0533. The zero-order valence-corrected chi connectivity index (χ0v) is 15.0. The Balaban J connectivity index is 1.46. The predicted octanol–water partition coefficient (Wildman–Crippen LogP) is 0.928. The van der Waals surface area contributed by atoms with Crippen LogP contribution < -0.4 is 10.5 Å². The van der Waals surface area contributed by atoms with Crippen LogP contribution in [0.25, 0.3) is 5.82 Å². The van der Waals surface area contributed by atoms with Gasteiger partial charge in [-0.05, 0) is 24.3 Å². The first-order valence-electron chi connectivity index (χ1n) is 8.79. The Hall–Kier alpha value is -3.42. The summed E-state index contributed by atoms with van der Waals surface area (Å²) in [5.74, 6) is 1.42. The van der Waals surface area contributed by atoms with Crippen molar-refractivity contribution in [2.45, 2.75) is 0 Å². The molecule has 1 fully saturated rings. The molecule has 3 aromatic heterocycles. The lowest BCUT2D eigenvalue weighted by atomic mass is 10.2. The number of hydrogen-bond acceptors (Lipinski definition) is 5. The van der Waals surface area contributed by atoms with Crippen LogP contribution >= 0.6 is 0 Å². The van der Waals surface area contributed by atoms with E-state index in [1.54, 1.807) is 36.6 Å². The van der Waals surface area contributed by atoms with Gasteiger partial charge in [0.25, 0.3) is 11.5 Å². The van der Waals surface area contributed by atoms with Crippen molar-refractivity contribution in [2.24, 2.45) is 7.05 Å². The van der Waals surface area contributed by atoms with Gasteiger partial charge < -0.3 is 18.9 Å². The Bertz CT molecular complexity index is 1000. The Morgan fingerprint density at radius 1 is 0.963 bits per heavy atom. The van der Waals surface area contributed by atoms with Crippen molar-refractivity contribution >= 4 is 11.7 Å². The molecule has 0 spiro atoms. The molecule has 0 aliphatic carbocycles. The molecule has 0 atom stereocenters. The van der Waals surface area contributed by atoms with E-state index in [2.05, 4.69) is 14.9 Å². The second-order valence-electron chi connectivity index (χ2n) is 6.44. The zero-order chi connectivity index (χ0) is 18.8. The van der Waals surface area contributed by atoms with Crippen molar-refractivity contribution in [3.63, 3.8) is 0 Å². The van der Waals surface area contributed by atoms with E-state index in [1.807, 2.05) is 35.2 Å². The Labute approximate surface area is 156 Å². The fraction of sp³-hybridized carbons (Fsp3) is 0.263. The summed E-state index contributed by atoms with van der Waals surface area (Å²) in [6.45, 7) is 2.39. The van der Waals surface area contributed by atoms with Gasteiger partial charge in [0.1, 0.15) is 23.5 Å². The normalized spacial score (nSPS) is 14.4. The van der Waals surface area contributed by atoms with Crippen LogP contribution in [0.1, 0.15) is 10.4 Å². The molecule has 27 heavy (non-hydrogen) atoms. The molecular weight excluding hydrogens is 344 g/mol. The number of aryl methyl sites for hydroxylation is 1. The number of pyridine rings is 1. The molecule has 0 aromatic carbocycles. The lowest BCUT2D eigenvalue weighted by molar-refractivity contribution is 0.0744. The highest BCUT2D eigenvalue weighted by molar-refractivity contribution is 5.94. The van der Waals surface area contributed by atoms with E-state index in [0.29, 0.717) is 26.2 Å². The first-order valence-corrected chi connectivity index (χ1v) is 8.79. The monoisotopic (exact) mass is 364 g/mol. The van der Waals surface area contributed by atoms with Crippen LogP contribution in [0.5, 0.6) is 0 Å². The maximum Gasteiger partial charge on any atom is 0.263 e. The number of rotatable bonds is 3. The largest absolute Gasteiger partial charge is 0.353 e. The van der Waals surface area contributed by atoms with Crippen LogP contribution in [0.4, 0.5) is 5.82 Å². The van der Waals surface area contributed by atoms with Crippen molar-refractivity contribution in [3.05, 3.63) is 71.2 Å². The molecule has 1 aliphatic heterocycles. The molecule has 3 aromatic rings. The van der Waals surface area contributed by atoms with Gasteiger partial charge in [0.05, 0.1) is 0 Å². The van der Waals surface area contributed by atoms with Crippen molar-refractivity contribution in [1.82, 2.24) is 24.0 Å². The molecule has 0 bridgehead atoms. The van der Waals surface area contributed by atoms with Gasteiger partial charge in [-0.1, -0.05) is 0 Å². The summed E-state index contributed by atoms with van der Waals surface area (Å²) in [6.07, 6.45) is 7.07. The van der Waals surface area contributed by atoms with E-state index >= 15 is 0 Å². The van der Waals surface area contributed by atoms with Crippen LogP contribution in [0.2, 0.25) is 0 Å². The highest BCUT2D eigenvalue weighted by Gasteiger charge is 2.24. The summed E-state index contributed by atoms with van der Waals surface area (Å²) < 4.78 is 3.35. The third kappa shape index (κ3) is 3.33. The van der Waals surface area contributed by atoms with Gasteiger partial charge in [-0.2, -0.15) is 0 Å². The van der Waals surface area contributed by atoms with Crippen molar-refractivity contribution in [3.8, 4) is 5.82 Å². The first kappa shape index (κ1) is 17.0. The van der Waals surface area contributed by atoms with E-state index in [9.17, 15) is 9.59 Å². The quantitative estimate of drug-likeness (QED) is 0.691. The Kier molecular flexibility index (Phi) is 4.45. The second kappa shape index (κ2) is 7.06. The number of anilines is 1. The van der Waals surface area contributed by atoms with E-state index in [1.165, 1.54) is 4.57 Å². The molecule has 0 saturated carbocycles. The van der Waals surface area contributed by atoms with Gasteiger partial charge in [0.15, 0.2) is 0 Å². The van der Waals surface area contributed by atoms with Gasteiger partial charge in [0, 0.05) is 57.9 Å². The number of aromatic nitrogens is 4. The minimum absolute atomic E-state index is 0.213. The summed E-state index contributed by atoms with van der Waals surface area (Å²) in [5, 5.41) is 0. The van der Waals surface area contributed by atoms with Crippen LogP contribution in [0, 0.1) is 0 Å². The van der Waals surface area contributed by atoms with Crippen LogP contribution in [0.3, 0.4) is 0 Å². The minimum atomic E-state index is -0.267. The summed E-state index contributed by atoms with van der Waals surface area (Å²) in [6, 6.07) is 9.13. The average molecular weight is 364 g/mol. The number of carbonyl (C=O) groups is 1. The number of carbonyl (C=O) groups excluding carboxylic acids is 1. The highest BCUT2D eigenvalue weighted by Crippen LogP contribution is 2.16.